The Bertz CT molecular complexity index is 771. The highest BCUT2D eigenvalue weighted by Crippen LogP contribution is 2.21. The predicted octanol–water partition coefficient (Wildman–Crippen LogP) is 3.08. The predicted molar refractivity (Wildman–Crippen MR) is 97.4 cm³/mol. The topological polar surface area (TPSA) is 59.6 Å². The largest absolute Gasteiger partial charge is 0.393 e. The Morgan fingerprint density at radius 3 is 2.44 bits per heavy atom. The second-order valence-corrected chi connectivity index (χ2v) is 5.61. The molecule has 5 nitrogen and oxygen atoms in total. The average molecular weight is 335 g/mol. The van der Waals surface area contributed by atoms with Crippen molar-refractivity contribution in [3.63, 3.8) is 0 Å². The molecule has 128 valence electrons. The second kappa shape index (κ2) is 8.80. The van der Waals surface area contributed by atoms with Gasteiger partial charge in [0.05, 0.1) is 19.0 Å². The lowest BCUT2D eigenvalue weighted by Gasteiger charge is -2.21. The molecule has 1 aromatic heterocycles. The zero-order valence-corrected chi connectivity index (χ0v) is 13.9. The van der Waals surface area contributed by atoms with E-state index in [0.717, 1.165) is 17.7 Å². The van der Waals surface area contributed by atoms with Gasteiger partial charge < -0.3 is 14.5 Å². The number of hydrogen-bond donors (Lipinski definition) is 1. The third-order valence-corrected chi connectivity index (χ3v) is 3.89. The van der Waals surface area contributed by atoms with Crippen molar-refractivity contribution in [1.29, 1.82) is 0 Å². The van der Waals surface area contributed by atoms with Gasteiger partial charge in [-0.05, 0) is 12.0 Å². The fraction of sp³-hybridized carbons (Fsp3) is 0.200. The summed E-state index contributed by atoms with van der Waals surface area (Å²) in [6.07, 6.45) is 6.23. The summed E-state index contributed by atoms with van der Waals surface area (Å²) >= 11 is 0. The van der Waals surface area contributed by atoms with Gasteiger partial charge >= 0.3 is 0 Å². The normalized spacial score (nSPS) is 12.8. The van der Waals surface area contributed by atoms with Gasteiger partial charge in [-0.25, -0.2) is 4.98 Å². The molecule has 0 aliphatic heterocycles. The van der Waals surface area contributed by atoms with E-state index < -0.39 is 0 Å². The Balaban J connectivity index is 1.98. The van der Waals surface area contributed by atoms with Crippen LogP contribution in [0, 0.1) is 0 Å². The van der Waals surface area contributed by atoms with E-state index in [0.29, 0.717) is 0 Å². The van der Waals surface area contributed by atoms with Crippen molar-refractivity contribution in [2.24, 2.45) is 5.16 Å². The molecule has 0 fully saturated rings. The van der Waals surface area contributed by atoms with E-state index in [1.165, 1.54) is 5.56 Å². The molecule has 0 spiro atoms. The Labute approximate surface area is 147 Å². The zero-order valence-electron chi connectivity index (χ0n) is 13.9. The smallest absolute Gasteiger partial charge is 0.140 e. The average Bonchev–Trinajstić information content (AvgIpc) is 3.20. The van der Waals surface area contributed by atoms with Gasteiger partial charge in [0.1, 0.15) is 12.3 Å². The van der Waals surface area contributed by atoms with E-state index in [1.807, 2.05) is 59.3 Å². The Hall–Kier alpha value is -2.92. The summed E-state index contributed by atoms with van der Waals surface area (Å²) in [4.78, 5) is 9.50. The standard InChI is InChI=1S/C20H21N3O2/c24-13-14-25-22-20(18-9-5-2-6-10-18)19(23-12-11-21-16-23)15-17-7-3-1-4-8-17/h1-12,16,19,24H,13-15H2/b22-20+. The summed E-state index contributed by atoms with van der Waals surface area (Å²) in [5.74, 6) is 0. The highest BCUT2D eigenvalue weighted by molar-refractivity contribution is 6.03. The van der Waals surface area contributed by atoms with E-state index >= 15 is 0 Å². The highest BCUT2D eigenvalue weighted by Gasteiger charge is 2.21. The third-order valence-electron chi connectivity index (χ3n) is 3.89. The molecule has 0 saturated heterocycles. The number of aliphatic hydroxyl groups is 1. The van der Waals surface area contributed by atoms with Gasteiger partial charge in [0, 0.05) is 18.0 Å². The number of oxime groups is 1. The number of imidazole rings is 1. The highest BCUT2D eigenvalue weighted by atomic mass is 16.6. The van der Waals surface area contributed by atoms with Crippen LogP contribution in [0.4, 0.5) is 0 Å². The summed E-state index contributed by atoms with van der Waals surface area (Å²) in [6, 6.07) is 20.1. The maximum atomic E-state index is 9.00. The summed E-state index contributed by atoms with van der Waals surface area (Å²) in [5.41, 5.74) is 2.98. The molecule has 0 bridgehead atoms. The molecule has 1 atom stereocenters. The fourth-order valence-electron chi connectivity index (χ4n) is 2.71. The molecule has 0 saturated carbocycles. The molecule has 1 heterocycles. The SMILES string of the molecule is OCCO/N=C(\c1ccccc1)C(Cc1ccccc1)n1ccnc1. The number of nitrogens with zero attached hydrogens (tertiary/aromatic N) is 3. The maximum absolute atomic E-state index is 9.00. The van der Waals surface area contributed by atoms with Gasteiger partial charge in [0.15, 0.2) is 0 Å². The van der Waals surface area contributed by atoms with Crippen LogP contribution in [0.2, 0.25) is 0 Å². The first-order valence-corrected chi connectivity index (χ1v) is 8.26. The number of aromatic nitrogens is 2. The van der Waals surface area contributed by atoms with Crippen LogP contribution in [0.3, 0.4) is 0 Å². The molecular weight excluding hydrogens is 314 g/mol. The number of aliphatic hydroxyl groups excluding tert-OH is 1. The minimum Gasteiger partial charge on any atom is -0.393 e. The van der Waals surface area contributed by atoms with E-state index in [1.54, 1.807) is 12.5 Å². The Kier molecular flexibility index (Phi) is 5.96. The van der Waals surface area contributed by atoms with Crippen LogP contribution in [-0.2, 0) is 11.3 Å². The van der Waals surface area contributed by atoms with Crippen molar-refractivity contribution in [1.82, 2.24) is 9.55 Å². The van der Waals surface area contributed by atoms with Crippen molar-refractivity contribution >= 4 is 5.71 Å². The van der Waals surface area contributed by atoms with Crippen LogP contribution >= 0.6 is 0 Å². The summed E-state index contributed by atoms with van der Waals surface area (Å²) < 4.78 is 2.03. The lowest BCUT2D eigenvalue weighted by atomic mass is 9.96. The van der Waals surface area contributed by atoms with Crippen LogP contribution in [0.25, 0.3) is 0 Å². The molecule has 1 N–H and O–H groups in total. The lowest BCUT2D eigenvalue weighted by Crippen LogP contribution is -2.23. The second-order valence-electron chi connectivity index (χ2n) is 5.61. The molecular formula is C20H21N3O2. The van der Waals surface area contributed by atoms with Crippen molar-refractivity contribution in [3.05, 3.63) is 90.5 Å². The van der Waals surface area contributed by atoms with E-state index in [-0.39, 0.29) is 19.3 Å². The van der Waals surface area contributed by atoms with Crippen molar-refractivity contribution in [3.8, 4) is 0 Å². The minimum absolute atomic E-state index is 0.0639. The van der Waals surface area contributed by atoms with Gasteiger partial charge in [-0.1, -0.05) is 65.8 Å². The van der Waals surface area contributed by atoms with Gasteiger partial charge in [-0.15, -0.1) is 0 Å². The lowest BCUT2D eigenvalue weighted by molar-refractivity contribution is 0.0977. The van der Waals surface area contributed by atoms with Crippen LogP contribution < -0.4 is 0 Å². The molecule has 3 rings (SSSR count). The third kappa shape index (κ3) is 4.55. The molecule has 0 amide bonds. The van der Waals surface area contributed by atoms with Gasteiger partial charge in [0.25, 0.3) is 0 Å². The summed E-state index contributed by atoms with van der Waals surface area (Å²) in [7, 11) is 0. The molecule has 0 radical (unpaired) electrons. The van der Waals surface area contributed by atoms with Gasteiger partial charge in [-0.2, -0.15) is 0 Å². The molecule has 5 heteroatoms. The minimum atomic E-state index is -0.0694. The molecule has 1 unspecified atom stereocenters. The molecule has 3 aromatic rings. The van der Waals surface area contributed by atoms with E-state index in [2.05, 4.69) is 22.3 Å². The molecule has 2 aromatic carbocycles. The first-order chi connectivity index (χ1) is 12.4. The van der Waals surface area contributed by atoms with E-state index in [9.17, 15) is 0 Å². The summed E-state index contributed by atoms with van der Waals surface area (Å²) in [5, 5.41) is 13.3. The quantitative estimate of drug-likeness (QED) is 0.391. The first-order valence-electron chi connectivity index (χ1n) is 8.26. The van der Waals surface area contributed by atoms with Crippen LogP contribution in [0.5, 0.6) is 0 Å². The monoisotopic (exact) mass is 335 g/mol. The van der Waals surface area contributed by atoms with Gasteiger partial charge in [-0.3, -0.25) is 0 Å². The number of rotatable bonds is 8. The van der Waals surface area contributed by atoms with Crippen LogP contribution in [0.1, 0.15) is 17.2 Å². The zero-order chi connectivity index (χ0) is 17.3. The molecule has 0 aliphatic rings. The van der Waals surface area contributed by atoms with Crippen molar-refractivity contribution in [2.75, 3.05) is 13.2 Å². The molecule has 25 heavy (non-hydrogen) atoms. The van der Waals surface area contributed by atoms with E-state index in [4.69, 9.17) is 9.94 Å². The van der Waals surface area contributed by atoms with Crippen LogP contribution in [0.15, 0.2) is 84.5 Å². The van der Waals surface area contributed by atoms with Crippen molar-refractivity contribution < 1.29 is 9.94 Å². The van der Waals surface area contributed by atoms with Gasteiger partial charge in [0.2, 0.25) is 0 Å². The fourth-order valence-corrected chi connectivity index (χ4v) is 2.71. The Morgan fingerprint density at radius 2 is 1.80 bits per heavy atom. The Morgan fingerprint density at radius 1 is 1.08 bits per heavy atom. The van der Waals surface area contributed by atoms with Crippen molar-refractivity contribution in [2.45, 2.75) is 12.5 Å². The maximum Gasteiger partial charge on any atom is 0.140 e. The number of benzene rings is 2. The number of hydrogen-bond acceptors (Lipinski definition) is 4. The first kappa shape index (κ1) is 16.9. The van der Waals surface area contributed by atoms with Crippen LogP contribution in [-0.4, -0.2) is 33.6 Å². The summed E-state index contributed by atoms with van der Waals surface area (Å²) in [6.45, 7) is 0.0956. The molecule has 0 aliphatic carbocycles.